The van der Waals surface area contributed by atoms with Gasteiger partial charge >= 0.3 is 0 Å². The number of H-pyrrole nitrogens is 1. The third-order valence-corrected chi connectivity index (χ3v) is 6.20. The minimum Gasteiger partial charge on any atom is -0.508 e. The Labute approximate surface area is 162 Å². The van der Waals surface area contributed by atoms with Gasteiger partial charge in [-0.3, -0.25) is 9.89 Å². The predicted molar refractivity (Wildman–Crippen MR) is 106 cm³/mol. The van der Waals surface area contributed by atoms with Crippen molar-refractivity contribution >= 4 is 16.9 Å². The van der Waals surface area contributed by atoms with E-state index < -0.39 is 0 Å². The van der Waals surface area contributed by atoms with Crippen LogP contribution in [0.1, 0.15) is 29.6 Å². The summed E-state index contributed by atoms with van der Waals surface area (Å²) in [6.45, 7) is 1.84. The molecule has 1 aliphatic carbocycles. The van der Waals surface area contributed by atoms with Gasteiger partial charge in [-0.1, -0.05) is 0 Å². The summed E-state index contributed by atoms with van der Waals surface area (Å²) in [4.78, 5) is 17.8. The monoisotopic (exact) mass is 377 g/mol. The molecule has 2 aromatic heterocycles. The van der Waals surface area contributed by atoms with Crippen LogP contribution in [0.5, 0.6) is 5.75 Å². The number of amides is 1. The largest absolute Gasteiger partial charge is 0.508 e. The SMILES string of the molecule is O=C(N[C@H]1CNCCC2CCC21)c1cc(-c2ccc(O)cc2)nc2[nH]ncc12. The lowest BCUT2D eigenvalue weighted by Crippen LogP contribution is -2.49. The van der Waals surface area contributed by atoms with E-state index in [-0.39, 0.29) is 17.7 Å². The number of fused-ring (bicyclic) bond motifs is 2. The van der Waals surface area contributed by atoms with Crippen molar-refractivity contribution in [3.05, 3.63) is 42.1 Å². The summed E-state index contributed by atoms with van der Waals surface area (Å²) >= 11 is 0. The topological polar surface area (TPSA) is 103 Å². The molecule has 1 aromatic carbocycles. The molecule has 2 aliphatic rings. The van der Waals surface area contributed by atoms with Gasteiger partial charge in [0.25, 0.3) is 5.91 Å². The van der Waals surface area contributed by atoms with E-state index in [4.69, 9.17) is 0 Å². The summed E-state index contributed by atoms with van der Waals surface area (Å²) in [5.41, 5.74) is 2.65. The molecule has 3 aromatic rings. The summed E-state index contributed by atoms with van der Waals surface area (Å²) in [7, 11) is 0. The molecule has 1 saturated carbocycles. The molecule has 7 heteroatoms. The zero-order valence-corrected chi connectivity index (χ0v) is 15.5. The number of carbonyl (C=O) groups is 1. The van der Waals surface area contributed by atoms with Crippen LogP contribution in [0.4, 0.5) is 0 Å². The number of carbonyl (C=O) groups excluding carboxylic acids is 1. The van der Waals surface area contributed by atoms with Gasteiger partial charge in [-0.2, -0.15) is 5.10 Å². The maximum Gasteiger partial charge on any atom is 0.252 e. The number of rotatable bonds is 3. The van der Waals surface area contributed by atoms with Gasteiger partial charge in [0.2, 0.25) is 0 Å². The number of phenols is 1. The van der Waals surface area contributed by atoms with Gasteiger partial charge in [-0.15, -0.1) is 0 Å². The van der Waals surface area contributed by atoms with E-state index in [1.54, 1.807) is 30.5 Å². The number of benzene rings is 1. The minimum atomic E-state index is -0.0896. The fourth-order valence-corrected chi connectivity index (χ4v) is 4.48. The molecule has 1 aliphatic heterocycles. The Balaban J connectivity index is 1.48. The maximum absolute atomic E-state index is 13.2. The molecule has 28 heavy (non-hydrogen) atoms. The highest BCUT2D eigenvalue weighted by atomic mass is 16.3. The zero-order valence-electron chi connectivity index (χ0n) is 15.5. The van der Waals surface area contributed by atoms with Crippen LogP contribution in [-0.4, -0.2) is 45.3 Å². The van der Waals surface area contributed by atoms with Crippen molar-refractivity contribution in [3.63, 3.8) is 0 Å². The van der Waals surface area contributed by atoms with Crippen molar-refractivity contribution in [3.8, 4) is 17.0 Å². The lowest BCUT2D eigenvalue weighted by molar-refractivity contribution is 0.0849. The summed E-state index contributed by atoms with van der Waals surface area (Å²) < 4.78 is 0. The molecule has 5 rings (SSSR count). The highest BCUT2D eigenvalue weighted by Gasteiger charge is 2.38. The van der Waals surface area contributed by atoms with Gasteiger partial charge in [0.15, 0.2) is 5.65 Å². The molecule has 144 valence electrons. The average Bonchev–Trinajstić information content (AvgIpc) is 3.10. The number of aromatic nitrogens is 3. The molecule has 3 heterocycles. The van der Waals surface area contributed by atoms with E-state index in [0.717, 1.165) is 24.6 Å². The fraction of sp³-hybridized carbons (Fsp3) is 0.381. The molecule has 4 N–H and O–H groups in total. The molecule has 1 saturated heterocycles. The zero-order chi connectivity index (χ0) is 19.1. The highest BCUT2D eigenvalue weighted by molar-refractivity contribution is 6.06. The number of hydrogen-bond donors (Lipinski definition) is 4. The van der Waals surface area contributed by atoms with Crippen molar-refractivity contribution in [1.82, 2.24) is 25.8 Å². The lowest BCUT2D eigenvalue weighted by atomic mass is 9.69. The normalized spacial score (nSPS) is 24.2. The van der Waals surface area contributed by atoms with Crippen LogP contribution in [0.25, 0.3) is 22.3 Å². The number of hydrogen-bond acceptors (Lipinski definition) is 5. The number of phenolic OH excluding ortho intramolecular Hbond substituents is 1. The van der Waals surface area contributed by atoms with E-state index in [0.29, 0.717) is 28.2 Å². The number of aromatic hydroxyl groups is 1. The quantitative estimate of drug-likeness (QED) is 0.561. The number of nitrogens with one attached hydrogen (secondary N) is 3. The highest BCUT2D eigenvalue weighted by Crippen LogP contribution is 2.40. The molecular formula is C21H23N5O2. The van der Waals surface area contributed by atoms with Gasteiger partial charge in [0.1, 0.15) is 5.75 Å². The van der Waals surface area contributed by atoms with E-state index in [1.807, 2.05) is 6.07 Å². The van der Waals surface area contributed by atoms with Crippen molar-refractivity contribution in [1.29, 1.82) is 0 Å². The Hall–Kier alpha value is -2.93. The van der Waals surface area contributed by atoms with Gasteiger partial charge in [0.05, 0.1) is 22.8 Å². The first-order valence-corrected chi connectivity index (χ1v) is 9.84. The Morgan fingerprint density at radius 1 is 1.18 bits per heavy atom. The molecule has 3 atom stereocenters. The second-order valence-electron chi connectivity index (χ2n) is 7.81. The van der Waals surface area contributed by atoms with Crippen molar-refractivity contribution in [2.45, 2.75) is 25.3 Å². The first-order chi connectivity index (χ1) is 13.7. The third kappa shape index (κ3) is 3.01. The van der Waals surface area contributed by atoms with Crippen molar-refractivity contribution in [2.75, 3.05) is 13.1 Å². The van der Waals surface area contributed by atoms with Gasteiger partial charge < -0.3 is 15.7 Å². The van der Waals surface area contributed by atoms with Crippen molar-refractivity contribution < 1.29 is 9.90 Å². The van der Waals surface area contributed by atoms with Crippen LogP contribution in [0.2, 0.25) is 0 Å². The lowest BCUT2D eigenvalue weighted by Gasteiger charge is -2.40. The molecule has 0 bridgehead atoms. The van der Waals surface area contributed by atoms with Crippen LogP contribution in [0.3, 0.4) is 0 Å². The van der Waals surface area contributed by atoms with E-state index in [1.165, 1.54) is 19.3 Å². The van der Waals surface area contributed by atoms with Crippen LogP contribution >= 0.6 is 0 Å². The first-order valence-electron chi connectivity index (χ1n) is 9.84. The fourth-order valence-electron chi connectivity index (χ4n) is 4.48. The average molecular weight is 377 g/mol. The number of aromatic amines is 1. The van der Waals surface area contributed by atoms with Crippen LogP contribution in [0, 0.1) is 11.8 Å². The minimum absolute atomic E-state index is 0.0896. The van der Waals surface area contributed by atoms with Gasteiger partial charge in [-0.25, -0.2) is 4.98 Å². The molecule has 1 amide bonds. The summed E-state index contributed by atoms with van der Waals surface area (Å²) in [6, 6.07) is 8.76. The molecule has 0 radical (unpaired) electrons. The van der Waals surface area contributed by atoms with Gasteiger partial charge in [-0.05, 0) is 68.0 Å². The summed E-state index contributed by atoms with van der Waals surface area (Å²) in [5.74, 6) is 1.39. The van der Waals surface area contributed by atoms with Gasteiger partial charge in [0, 0.05) is 18.2 Å². The third-order valence-electron chi connectivity index (χ3n) is 6.20. The molecular weight excluding hydrogens is 354 g/mol. The van der Waals surface area contributed by atoms with E-state index in [2.05, 4.69) is 25.8 Å². The molecule has 2 unspecified atom stereocenters. The van der Waals surface area contributed by atoms with Crippen LogP contribution in [0.15, 0.2) is 36.5 Å². The van der Waals surface area contributed by atoms with Crippen LogP contribution < -0.4 is 10.6 Å². The molecule has 2 fully saturated rings. The second kappa shape index (κ2) is 6.91. The maximum atomic E-state index is 13.2. The van der Waals surface area contributed by atoms with E-state index >= 15 is 0 Å². The van der Waals surface area contributed by atoms with Crippen LogP contribution in [-0.2, 0) is 0 Å². The second-order valence-corrected chi connectivity index (χ2v) is 7.81. The van der Waals surface area contributed by atoms with Crippen molar-refractivity contribution in [2.24, 2.45) is 11.8 Å². The molecule has 7 nitrogen and oxygen atoms in total. The predicted octanol–water partition coefficient (Wildman–Crippen LogP) is 2.45. The molecule has 0 spiro atoms. The first kappa shape index (κ1) is 17.2. The summed E-state index contributed by atoms with van der Waals surface area (Å²) in [6.07, 6.45) is 5.30. The Bertz CT molecular complexity index is 1010. The smallest absolute Gasteiger partial charge is 0.252 e. The Morgan fingerprint density at radius 2 is 2.04 bits per heavy atom. The number of pyridine rings is 1. The number of nitrogens with zero attached hydrogens (tertiary/aromatic N) is 2. The Morgan fingerprint density at radius 3 is 2.82 bits per heavy atom. The standard InChI is InChI=1S/C21H23N5O2/c27-14-4-1-13(2-5-14)18-9-16(17-10-23-26-20(17)24-18)21(28)25-19-11-22-8-7-12-3-6-15(12)19/h1-2,4-5,9-10,12,15,19,22,27H,3,6-8,11H2,(H,25,28)(H,23,24,26)/t12?,15?,19-/m0/s1. The Kier molecular flexibility index (Phi) is 4.24. The summed E-state index contributed by atoms with van der Waals surface area (Å²) in [5, 5.41) is 23.9. The van der Waals surface area contributed by atoms with E-state index in [9.17, 15) is 9.90 Å².